The Morgan fingerprint density at radius 3 is 2.47 bits per heavy atom. The molecule has 2 aliphatic heterocycles. The van der Waals surface area contributed by atoms with Gasteiger partial charge in [0, 0.05) is 32.1 Å². The third-order valence-electron chi connectivity index (χ3n) is 4.29. The quantitative estimate of drug-likeness (QED) is 0.766. The van der Waals surface area contributed by atoms with Gasteiger partial charge < -0.3 is 15.5 Å². The normalized spacial score (nSPS) is 29.1. The second-order valence-corrected chi connectivity index (χ2v) is 5.79. The average molecular weight is 267 g/mol. The molecule has 2 aliphatic rings. The van der Waals surface area contributed by atoms with Crippen LogP contribution in [0.2, 0.25) is 0 Å². The van der Waals surface area contributed by atoms with E-state index in [9.17, 15) is 9.59 Å². The number of hydrogen-bond acceptors (Lipinski definition) is 3. The number of amides is 2. The van der Waals surface area contributed by atoms with Gasteiger partial charge in [0.1, 0.15) is 0 Å². The van der Waals surface area contributed by atoms with E-state index in [4.69, 9.17) is 0 Å². The summed E-state index contributed by atoms with van der Waals surface area (Å²) in [5.74, 6) is 0.446. The summed E-state index contributed by atoms with van der Waals surface area (Å²) in [5, 5.41) is 6.32. The van der Waals surface area contributed by atoms with E-state index >= 15 is 0 Å². The zero-order valence-corrected chi connectivity index (χ0v) is 11.9. The zero-order chi connectivity index (χ0) is 13.8. The Balaban J connectivity index is 1.83. The number of rotatable bonds is 2. The molecule has 2 N–H and O–H groups in total. The number of piperidine rings is 2. The molecule has 2 heterocycles. The third-order valence-corrected chi connectivity index (χ3v) is 4.29. The summed E-state index contributed by atoms with van der Waals surface area (Å²) in [6.07, 6.45) is 3.83. The summed E-state index contributed by atoms with van der Waals surface area (Å²) >= 11 is 0. The fourth-order valence-electron chi connectivity index (χ4n) is 3.15. The summed E-state index contributed by atoms with van der Waals surface area (Å²) in [7, 11) is 0. The van der Waals surface area contributed by atoms with Gasteiger partial charge in [-0.1, -0.05) is 0 Å². The molecule has 0 aromatic rings. The van der Waals surface area contributed by atoms with Gasteiger partial charge in [-0.05, 0) is 39.2 Å². The van der Waals surface area contributed by atoms with Crippen molar-refractivity contribution in [3.05, 3.63) is 0 Å². The Morgan fingerprint density at radius 2 is 1.89 bits per heavy atom. The van der Waals surface area contributed by atoms with Crippen LogP contribution in [-0.4, -0.2) is 48.4 Å². The molecule has 2 rings (SSSR count). The van der Waals surface area contributed by atoms with Crippen LogP contribution in [0.15, 0.2) is 0 Å². The molecule has 0 aromatic carbocycles. The van der Waals surface area contributed by atoms with Crippen LogP contribution in [0.25, 0.3) is 0 Å². The van der Waals surface area contributed by atoms with Crippen LogP contribution in [0.4, 0.5) is 0 Å². The Hall–Kier alpha value is -1.10. The molecule has 0 aromatic heterocycles. The average Bonchev–Trinajstić information content (AvgIpc) is 2.39. The fraction of sp³-hybridized carbons (Fsp3) is 0.857. The minimum Gasteiger partial charge on any atom is -0.353 e. The molecule has 5 nitrogen and oxygen atoms in total. The van der Waals surface area contributed by atoms with E-state index in [1.165, 1.54) is 0 Å². The zero-order valence-electron chi connectivity index (χ0n) is 11.9. The number of carbonyl (C=O) groups excluding carboxylic acids is 2. The van der Waals surface area contributed by atoms with Crippen LogP contribution in [0.1, 0.15) is 39.5 Å². The molecule has 2 unspecified atom stereocenters. The highest BCUT2D eigenvalue weighted by Gasteiger charge is 2.32. The largest absolute Gasteiger partial charge is 0.353 e. The van der Waals surface area contributed by atoms with Gasteiger partial charge in [0.05, 0.1) is 5.92 Å². The van der Waals surface area contributed by atoms with E-state index in [0.29, 0.717) is 5.91 Å². The van der Waals surface area contributed by atoms with Gasteiger partial charge in [-0.15, -0.1) is 0 Å². The lowest BCUT2D eigenvalue weighted by Crippen LogP contribution is -2.52. The smallest absolute Gasteiger partial charge is 0.227 e. The number of nitrogens with zero attached hydrogens (tertiary/aromatic N) is 1. The van der Waals surface area contributed by atoms with Gasteiger partial charge in [0.25, 0.3) is 0 Å². The Morgan fingerprint density at radius 1 is 1.21 bits per heavy atom. The summed E-state index contributed by atoms with van der Waals surface area (Å²) < 4.78 is 0. The maximum Gasteiger partial charge on any atom is 0.227 e. The third kappa shape index (κ3) is 3.69. The van der Waals surface area contributed by atoms with Crippen molar-refractivity contribution in [2.45, 2.75) is 51.6 Å². The topological polar surface area (TPSA) is 61.4 Å². The van der Waals surface area contributed by atoms with Crippen molar-refractivity contribution < 1.29 is 9.59 Å². The van der Waals surface area contributed by atoms with Crippen molar-refractivity contribution in [3.63, 3.8) is 0 Å². The summed E-state index contributed by atoms with van der Waals surface area (Å²) in [4.78, 5) is 25.5. The van der Waals surface area contributed by atoms with Crippen LogP contribution in [0, 0.1) is 5.92 Å². The highest BCUT2D eigenvalue weighted by molar-refractivity contribution is 5.80. The van der Waals surface area contributed by atoms with E-state index in [2.05, 4.69) is 17.6 Å². The summed E-state index contributed by atoms with van der Waals surface area (Å²) in [6.45, 7) is 6.22. The van der Waals surface area contributed by atoms with Crippen LogP contribution >= 0.6 is 0 Å². The van der Waals surface area contributed by atoms with E-state index in [1.54, 1.807) is 6.92 Å². The van der Waals surface area contributed by atoms with Gasteiger partial charge in [-0.2, -0.15) is 0 Å². The van der Waals surface area contributed by atoms with Gasteiger partial charge >= 0.3 is 0 Å². The maximum atomic E-state index is 12.5. The monoisotopic (exact) mass is 267 g/mol. The molecule has 0 saturated carbocycles. The van der Waals surface area contributed by atoms with Crippen molar-refractivity contribution in [2.75, 3.05) is 19.6 Å². The van der Waals surface area contributed by atoms with E-state index in [0.717, 1.165) is 45.3 Å². The first-order chi connectivity index (χ1) is 9.08. The molecule has 108 valence electrons. The molecule has 0 radical (unpaired) electrons. The molecule has 2 fully saturated rings. The Labute approximate surface area is 115 Å². The number of carbonyl (C=O) groups is 2. The van der Waals surface area contributed by atoms with Crippen molar-refractivity contribution >= 4 is 11.8 Å². The van der Waals surface area contributed by atoms with Crippen LogP contribution in [0.3, 0.4) is 0 Å². The summed E-state index contributed by atoms with van der Waals surface area (Å²) in [5.41, 5.74) is 0. The van der Waals surface area contributed by atoms with Gasteiger partial charge in [-0.25, -0.2) is 0 Å². The highest BCUT2D eigenvalue weighted by Crippen LogP contribution is 2.21. The predicted octanol–water partition coefficient (Wildman–Crippen LogP) is 0.502. The SMILES string of the molecule is CC(=O)NC1CCN(C(=O)C2CCCNC2C)CC1. The Kier molecular flexibility index (Phi) is 4.80. The molecule has 2 atom stereocenters. The van der Waals surface area contributed by atoms with E-state index in [-0.39, 0.29) is 23.9 Å². The van der Waals surface area contributed by atoms with Crippen LogP contribution in [0.5, 0.6) is 0 Å². The van der Waals surface area contributed by atoms with Gasteiger partial charge in [-0.3, -0.25) is 9.59 Å². The van der Waals surface area contributed by atoms with Crippen LogP contribution < -0.4 is 10.6 Å². The number of hydrogen-bond donors (Lipinski definition) is 2. The number of likely N-dealkylation sites (tertiary alicyclic amines) is 1. The minimum atomic E-state index is 0.0230. The van der Waals surface area contributed by atoms with Crippen molar-refractivity contribution in [1.29, 1.82) is 0 Å². The first kappa shape index (κ1) is 14.3. The molecule has 19 heavy (non-hydrogen) atoms. The maximum absolute atomic E-state index is 12.5. The molecule has 2 saturated heterocycles. The molecule has 0 spiro atoms. The Bertz CT molecular complexity index is 338. The van der Waals surface area contributed by atoms with Gasteiger partial charge in [0.2, 0.25) is 11.8 Å². The summed E-state index contributed by atoms with van der Waals surface area (Å²) in [6, 6.07) is 0.526. The van der Waals surface area contributed by atoms with Crippen molar-refractivity contribution in [2.24, 2.45) is 5.92 Å². The van der Waals surface area contributed by atoms with Crippen LogP contribution in [-0.2, 0) is 9.59 Å². The lowest BCUT2D eigenvalue weighted by atomic mass is 9.90. The molecule has 0 bridgehead atoms. The lowest BCUT2D eigenvalue weighted by Gasteiger charge is -2.37. The number of nitrogens with one attached hydrogen (secondary N) is 2. The lowest BCUT2D eigenvalue weighted by molar-refractivity contribution is -0.138. The molecular formula is C14H25N3O2. The van der Waals surface area contributed by atoms with E-state index < -0.39 is 0 Å². The van der Waals surface area contributed by atoms with Crippen molar-refractivity contribution in [3.8, 4) is 0 Å². The molecule has 0 aliphatic carbocycles. The second kappa shape index (κ2) is 6.37. The molecular weight excluding hydrogens is 242 g/mol. The van der Waals surface area contributed by atoms with Crippen molar-refractivity contribution in [1.82, 2.24) is 15.5 Å². The first-order valence-electron chi connectivity index (χ1n) is 7.37. The molecule has 2 amide bonds. The second-order valence-electron chi connectivity index (χ2n) is 5.79. The first-order valence-corrected chi connectivity index (χ1v) is 7.37. The minimum absolute atomic E-state index is 0.0230. The van der Waals surface area contributed by atoms with Gasteiger partial charge in [0.15, 0.2) is 0 Å². The standard InChI is InChI=1S/C14H25N3O2/c1-10-13(4-3-7-15-10)14(19)17-8-5-12(6-9-17)16-11(2)18/h10,12-13,15H,3-9H2,1-2H3,(H,16,18). The van der Waals surface area contributed by atoms with E-state index in [1.807, 2.05) is 4.90 Å². The highest BCUT2D eigenvalue weighted by atomic mass is 16.2. The predicted molar refractivity (Wildman–Crippen MR) is 73.6 cm³/mol. The fourth-order valence-corrected chi connectivity index (χ4v) is 3.15. The molecule has 5 heteroatoms.